The molecule has 0 aromatic heterocycles. The van der Waals surface area contributed by atoms with Crippen LogP contribution in [0.4, 0.5) is 5.69 Å². The molecular formula is C20H24N2O4S. The fourth-order valence-electron chi connectivity index (χ4n) is 2.58. The van der Waals surface area contributed by atoms with Crippen LogP contribution in [0, 0.1) is 0 Å². The molecule has 0 spiro atoms. The van der Waals surface area contributed by atoms with Crippen molar-refractivity contribution in [1.29, 1.82) is 0 Å². The Morgan fingerprint density at radius 1 is 1.19 bits per heavy atom. The van der Waals surface area contributed by atoms with Crippen molar-refractivity contribution >= 4 is 21.6 Å². The smallest absolute Gasteiger partial charge is 0.251 e. The van der Waals surface area contributed by atoms with Crippen LogP contribution in [0.5, 0.6) is 5.75 Å². The van der Waals surface area contributed by atoms with Gasteiger partial charge in [-0.3, -0.25) is 9.10 Å². The molecule has 6 nitrogen and oxygen atoms in total. The molecule has 0 aliphatic rings. The van der Waals surface area contributed by atoms with E-state index in [1.54, 1.807) is 31.4 Å². The fourth-order valence-corrected chi connectivity index (χ4v) is 3.47. The summed E-state index contributed by atoms with van der Waals surface area (Å²) in [6.45, 7) is 5.64. The molecule has 1 unspecified atom stereocenters. The Morgan fingerprint density at radius 3 is 2.26 bits per heavy atom. The average molecular weight is 388 g/mol. The first-order valence-corrected chi connectivity index (χ1v) is 10.2. The van der Waals surface area contributed by atoms with Crippen molar-refractivity contribution < 1.29 is 17.9 Å². The molecule has 0 aliphatic heterocycles. The van der Waals surface area contributed by atoms with Gasteiger partial charge in [-0.05, 0) is 48.9 Å². The molecule has 2 aromatic rings. The zero-order valence-corrected chi connectivity index (χ0v) is 16.5. The number of hydrogen-bond acceptors (Lipinski definition) is 4. The number of sulfonamides is 1. The number of nitrogens with one attached hydrogen (secondary N) is 1. The number of benzene rings is 2. The van der Waals surface area contributed by atoms with Gasteiger partial charge >= 0.3 is 0 Å². The van der Waals surface area contributed by atoms with Crippen molar-refractivity contribution in [3.8, 4) is 5.75 Å². The van der Waals surface area contributed by atoms with Crippen LogP contribution in [0.15, 0.2) is 61.2 Å². The van der Waals surface area contributed by atoms with Gasteiger partial charge in [0.1, 0.15) is 5.75 Å². The van der Waals surface area contributed by atoms with Gasteiger partial charge in [0.15, 0.2) is 0 Å². The number of amides is 1. The number of hydrogen-bond donors (Lipinski definition) is 1. The van der Waals surface area contributed by atoms with Crippen LogP contribution in [0.1, 0.15) is 28.9 Å². The molecular weight excluding hydrogens is 364 g/mol. The number of carbonyl (C=O) groups is 1. The third kappa shape index (κ3) is 5.34. The maximum atomic E-state index is 12.5. The predicted molar refractivity (Wildman–Crippen MR) is 108 cm³/mol. The molecule has 0 saturated carbocycles. The molecule has 1 atom stereocenters. The highest BCUT2D eigenvalue weighted by Gasteiger charge is 2.17. The van der Waals surface area contributed by atoms with E-state index in [0.717, 1.165) is 17.6 Å². The summed E-state index contributed by atoms with van der Waals surface area (Å²) in [5, 5.41) is 2.93. The van der Waals surface area contributed by atoms with E-state index in [1.807, 2.05) is 31.2 Å². The minimum absolute atomic E-state index is 0.166. The van der Waals surface area contributed by atoms with Gasteiger partial charge in [-0.15, -0.1) is 6.58 Å². The van der Waals surface area contributed by atoms with E-state index in [4.69, 9.17) is 4.74 Å². The zero-order valence-electron chi connectivity index (χ0n) is 15.7. The second-order valence-corrected chi connectivity index (χ2v) is 8.00. The standard InChI is InChI=1S/C20H24N2O4S/c1-5-14-22(27(4,24)25)18-10-6-17(7-11-18)20(23)21-15(2)16-8-12-19(26-3)13-9-16/h5-13,15H,1,14H2,2-4H3,(H,21,23). The van der Waals surface area contributed by atoms with Gasteiger partial charge in [0.2, 0.25) is 10.0 Å². The number of ether oxygens (including phenoxy) is 1. The Bertz CT molecular complexity index is 891. The third-order valence-corrected chi connectivity index (χ3v) is 5.24. The van der Waals surface area contributed by atoms with Crippen LogP contribution in [-0.2, 0) is 10.0 Å². The molecule has 1 N–H and O–H groups in total. The van der Waals surface area contributed by atoms with Crippen LogP contribution in [0.2, 0.25) is 0 Å². The molecule has 144 valence electrons. The molecule has 1 amide bonds. The summed E-state index contributed by atoms with van der Waals surface area (Å²) in [5.41, 5.74) is 1.89. The summed E-state index contributed by atoms with van der Waals surface area (Å²) in [6, 6.07) is 13.7. The van der Waals surface area contributed by atoms with Crippen LogP contribution in [0.3, 0.4) is 0 Å². The minimum Gasteiger partial charge on any atom is -0.497 e. The monoisotopic (exact) mass is 388 g/mol. The van der Waals surface area contributed by atoms with Gasteiger partial charge in [-0.25, -0.2) is 8.42 Å². The molecule has 2 aromatic carbocycles. The topological polar surface area (TPSA) is 75.7 Å². The molecule has 0 bridgehead atoms. The second kappa shape index (κ2) is 8.73. The van der Waals surface area contributed by atoms with Crippen molar-refractivity contribution in [2.75, 3.05) is 24.2 Å². The summed E-state index contributed by atoms with van der Waals surface area (Å²) < 4.78 is 30.1. The van der Waals surface area contributed by atoms with Gasteiger partial charge in [-0.2, -0.15) is 0 Å². The SMILES string of the molecule is C=CCN(c1ccc(C(=O)NC(C)c2ccc(OC)cc2)cc1)S(C)(=O)=O. The number of rotatable bonds is 8. The lowest BCUT2D eigenvalue weighted by Gasteiger charge is -2.21. The number of nitrogens with zero attached hydrogens (tertiary/aromatic N) is 1. The van der Waals surface area contributed by atoms with Crippen molar-refractivity contribution in [3.63, 3.8) is 0 Å². The lowest BCUT2D eigenvalue weighted by atomic mass is 10.1. The molecule has 0 fully saturated rings. The Kier molecular flexibility index (Phi) is 6.63. The van der Waals surface area contributed by atoms with Gasteiger partial charge in [0, 0.05) is 5.56 Å². The second-order valence-electron chi connectivity index (χ2n) is 6.10. The van der Waals surface area contributed by atoms with E-state index in [9.17, 15) is 13.2 Å². The summed E-state index contributed by atoms with van der Waals surface area (Å²) in [4.78, 5) is 12.5. The highest BCUT2D eigenvalue weighted by Crippen LogP contribution is 2.20. The quantitative estimate of drug-likeness (QED) is 0.705. The Hall–Kier alpha value is -2.80. The Labute approximate surface area is 160 Å². The number of carbonyl (C=O) groups excluding carboxylic acids is 1. The average Bonchev–Trinajstić information content (AvgIpc) is 2.65. The number of methoxy groups -OCH3 is 1. The van der Waals surface area contributed by atoms with E-state index >= 15 is 0 Å². The number of anilines is 1. The lowest BCUT2D eigenvalue weighted by molar-refractivity contribution is 0.0940. The van der Waals surface area contributed by atoms with Crippen LogP contribution in [0.25, 0.3) is 0 Å². The molecule has 0 aliphatic carbocycles. The maximum absolute atomic E-state index is 12.5. The first kappa shape index (κ1) is 20.5. The predicted octanol–water partition coefficient (Wildman–Crippen LogP) is 3.14. The first-order chi connectivity index (χ1) is 12.8. The molecule has 7 heteroatoms. The van der Waals surface area contributed by atoms with E-state index in [-0.39, 0.29) is 18.5 Å². The molecule has 27 heavy (non-hydrogen) atoms. The fraction of sp³-hybridized carbons (Fsp3) is 0.250. The molecule has 0 heterocycles. The lowest BCUT2D eigenvalue weighted by Crippen LogP contribution is -2.30. The summed E-state index contributed by atoms with van der Waals surface area (Å²) >= 11 is 0. The van der Waals surface area contributed by atoms with Crippen LogP contribution < -0.4 is 14.4 Å². The van der Waals surface area contributed by atoms with Crippen molar-refractivity contribution in [2.24, 2.45) is 0 Å². The first-order valence-electron chi connectivity index (χ1n) is 8.39. The highest BCUT2D eigenvalue weighted by atomic mass is 32.2. The zero-order chi connectivity index (χ0) is 20.0. The summed E-state index contributed by atoms with van der Waals surface area (Å²) in [7, 11) is -1.82. The van der Waals surface area contributed by atoms with Gasteiger partial charge in [0.05, 0.1) is 31.6 Å². The normalized spacial score (nSPS) is 12.1. The van der Waals surface area contributed by atoms with Crippen molar-refractivity contribution in [1.82, 2.24) is 5.32 Å². The van der Waals surface area contributed by atoms with Gasteiger partial charge in [-0.1, -0.05) is 18.2 Å². The highest BCUT2D eigenvalue weighted by molar-refractivity contribution is 7.92. The van der Waals surface area contributed by atoms with Crippen LogP contribution >= 0.6 is 0 Å². The van der Waals surface area contributed by atoms with E-state index in [2.05, 4.69) is 11.9 Å². The maximum Gasteiger partial charge on any atom is 0.251 e. The van der Waals surface area contributed by atoms with Crippen LogP contribution in [-0.4, -0.2) is 34.2 Å². The van der Waals surface area contributed by atoms with E-state index in [1.165, 1.54) is 10.4 Å². The largest absolute Gasteiger partial charge is 0.497 e. The Balaban J connectivity index is 2.11. The molecule has 0 saturated heterocycles. The minimum atomic E-state index is -3.42. The summed E-state index contributed by atoms with van der Waals surface area (Å²) in [6.07, 6.45) is 2.64. The molecule has 0 radical (unpaired) electrons. The van der Waals surface area contributed by atoms with Gasteiger partial charge < -0.3 is 10.1 Å². The van der Waals surface area contributed by atoms with E-state index in [0.29, 0.717) is 11.3 Å². The molecule has 2 rings (SSSR count). The van der Waals surface area contributed by atoms with Gasteiger partial charge in [0.25, 0.3) is 5.91 Å². The van der Waals surface area contributed by atoms with Crippen molar-refractivity contribution in [2.45, 2.75) is 13.0 Å². The van der Waals surface area contributed by atoms with E-state index < -0.39 is 10.0 Å². The third-order valence-electron chi connectivity index (χ3n) is 4.08. The van der Waals surface area contributed by atoms with Crippen molar-refractivity contribution in [3.05, 3.63) is 72.3 Å². The Morgan fingerprint density at radius 2 is 1.78 bits per heavy atom. The summed E-state index contributed by atoms with van der Waals surface area (Å²) in [5.74, 6) is 0.516.